The molecule has 0 aliphatic heterocycles. The smallest absolute Gasteiger partial charge is 0.166 e. The third-order valence-corrected chi connectivity index (χ3v) is 1.21. The van der Waals surface area contributed by atoms with Gasteiger partial charge in [-0.3, -0.25) is 8.42 Å². The first kappa shape index (κ1) is 22.9. The fraction of sp³-hybridized carbons (Fsp3) is 0. The van der Waals surface area contributed by atoms with E-state index in [2.05, 4.69) is 9.97 Å². The second kappa shape index (κ2) is 14.8. The summed E-state index contributed by atoms with van der Waals surface area (Å²) in [6.45, 7) is 0. The SMILES string of the molecule is O=S(=O)([O-])[O-].[Cl-].[Cl-].c1cc[nH+]cc1.c1cc[nH+]cc1. The molecule has 0 spiro atoms. The summed E-state index contributed by atoms with van der Waals surface area (Å²) in [6, 6.07) is 11.7. The zero-order valence-electron chi connectivity index (χ0n) is 9.57. The van der Waals surface area contributed by atoms with E-state index in [1.807, 2.05) is 61.2 Å². The number of hydrogen-bond acceptors (Lipinski definition) is 4. The molecule has 0 saturated carbocycles. The summed E-state index contributed by atoms with van der Waals surface area (Å²) >= 11 is 0. The van der Waals surface area contributed by atoms with Gasteiger partial charge in [-0.1, -0.05) is 12.1 Å². The first-order valence-corrected chi connectivity index (χ1v) is 5.82. The highest BCUT2D eigenvalue weighted by atomic mass is 35.5. The summed E-state index contributed by atoms with van der Waals surface area (Å²) < 4.78 is 34.1. The van der Waals surface area contributed by atoms with Crippen molar-refractivity contribution in [2.24, 2.45) is 0 Å². The Morgan fingerprint density at radius 2 is 0.842 bits per heavy atom. The highest BCUT2D eigenvalue weighted by Gasteiger charge is 1.66. The normalized spacial score (nSPS) is 8.11. The van der Waals surface area contributed by atoms with Gasteiger partial charge in [-0.15, -0.1) is 0 Å². The highest BCUT2D eigenvalue weighted by Crippen LogP contribution is 1.69. The lowest BCUT2D eigenvalue weighted by Gasteiger charge is -2.06. The lowest BCUT2D eigenvalue weighted by atomic mass is 10.5. The van der Waals surface area contributed by atoms with Crippen LogP contribution in [-0.2, 0) is 10.4 Å². The molecule has 0 aromatic carbocycles. The largest absolute Gasteiger partial charge is 1.00 e. The van der Waals surface area contributed by atoms with E-state index in [4.69, 9.17) is 17.5 Å². The standard InChI is InChI=1S/2C5H5N.2ClH.H2O4S/c2*1-2-4-6-5-3-1;;;1-5(2,3)4/h2*1-5H;2*1H;(H2,1,2,3,4)/p-2. The molecule has 108 valence electrons. The summed E-state index contributed by atoms with van der Waals surface area (Å²) in [5.74, 6) is 0. The van der Waals surface area contributed by atoms with Crippen LogP contribution in [0.1, 0.15) is 0 Å². The zero-order chi connectivity index (χ0) is 13.0. The Morgan fingerprint density at radius 1 is 0.632 bits per heavy atom. The van der Waals surface area contributed by atoms with Crippen LogP contribution in [0.2, 0.25) is 0 Å². The molecule has 0 aliphatic carbocycles. The average molecular weight is 327 g/mol. The van der Waals surface area contributed by atoms with Crippen molar-refractivity contribution in [3.8, 4) is 0 Å². The second-order valence-corrected chi connectivity index (χ2v) is 3.38. The fourth-order valence-electron chi connectivity index (χ4n) is 0.684. The molecular weight excluding hydrogens is 315 g/mol. The van der Waals surface area contributed by atoms with E-state index in [9.17, 15) is 0 Å². The Morgan fingerprint density at radius 3 is 0.895 bits per heavy atom. The van der Waals surface area contributed by atoms with E-state index in [0.717, 1.165) is 0 Å². The van der Waals surface area contributed by atoms with E-state index < -0.39 is 10.4 Å². The van der Waals surface area contributed by atoms with Gasteiger partial charge in [0.15, 0.2) is 24.8 Å². The minimum absolute atomic E-state index is 0. The van der Waals surface area contributed by atoms with Gasteiger partial charge in [-0.25, -0.2) is 9.97 Å². The maximum absolute atomic E-state index is 8.52. The van der Waals surface area contributed by atoms with Gasteiger partial charge in [0.05, 0.1) is 0 Å². The number of aromatic nitrogens is 2. The molecular formula is C10H12Cl2N2O4S-2. The van der Waals surface area contributed by atoms with E-state index in [0.29, 0.717) is 0 Å². The van der Waals surface area contributed by atoms with Crippen molar-refractivity contribution in [1.29, 1.82) is 0 Å². The highest BCUT2D eigenvalue weighted by molar-refractivity contribution is 7.79. The first-order valence-electron chi connectivity index (χ1n) is 4.49. The zero-order valence-corrected chi connectivity index (χ0v) is 11.9. The molecule has 2 N–H and O–H groups in total. The number of hydrogen-bond donors (Lipinski definition) is 0. The Hall–Kier alpha value is -1.25. The third kappa shape index (κ3) is 31.5. The van der Waals surface area contributed by atoms with Crippen LogP contribution in [0, 0.1) is 0 Å². The molecule has 2 aromatic rings. The number of H-pyrrole nitrogens is 2. The Bertz CT molecular complexity index is 378. The van der Waals surface area contributed by atoms with Crippen LogP contribution in [0.15, 0.2) is 61.2 Å². The van der Waals surface area contributed by atoms with Crippen LogP contribution in [0.25, 0.3) is 0 Å². The number of nitrogens with one attached hydrogen (secondary N) is 2. The lowest BCUT2D eigenvalue weighted by molar-refractivity contribution is -0.378. The molecule has 0 radical (unpaired) electrons. The van der Waals surface area contributed by atoms with Gasteiger partial charge in [0, 0.05) is 34.7 Å². The van der Waals surface area contributed by atoms with Gasteiger partial charge in [0.25, 0.3) is 0 Å². The minimum Gasteiger partial charge on any atom is -1.00 e. The van der Waals surface area contributed by atoms with Gasteiger partial charge in [-0.05, 0) is 0 Å². The Kier molecular flexibility index (Phi) is 17.8. The summed E-state index contributed by atoms with van der Waals surface area (Å²) in [4.78, 5) is 5.78. The number of pyridine rings is 2. The van der Waals surface area contributed by atoms with Crippen LogP contribution in [0.4, 0.5) is 0 Å². The van der Waals surface area contributed by atoms with Gasteiger partial charge >= 0.3 is 0 Å². The van der Waals surface area contributed by atoms with Crippen molar-refractivity contribution >= 4 is 10.4 Å². The third-order valence-electron chi connectivity index (χ3n) is 1.21. The van der Waals surface area contributed by atoms with Crippen LogP contribution >= 0.6 is 0 Å². The predicted octanol–water partition coefficient (Wildman–Crippen LogP) is -6.33. The van der Waals surface area contributed by atoms with Crippen LogP contribution in [0.5, 0.6) is 0 Å². The Balaban J connectivity index is -0.000000193. The molecule has 2 aromatic heterocycles. The number of aromatic amines is 2. The second-order valence-electron chi connectivity index (χ2n) is 2.56. The van der Waals surface area contributed by atoms with Crippen molar-refractivity contribution in [3.63, 3.8) is 0 Å². The van der Waals surface area contributed by atoms with E-state index in [1.54, 1.807) is 0 Å². The molecule has 2 heterocycles. The van der Waals surface area contributed by atoms with Crippen molar-refractivity contribution in [3.05, 3.63) is 61.2 Å². The molecule has 0 amide bonds. The van der Waals surface area contributed by atoms with E-state index in [-0.39, 0.29) is 24.8 Å². The van der Waals surface area contributed by atoms with Crippen LogP contribution in [-0.4, -0.2) is 17.5 Å². The summed E-state index contributed by atoms with van der Waals surface area (Å²) in [5, 5.41) is 0. The Labute approximate surface area is 124 Å². The summed E-state index contributed by atoms with van der Waals surface area (Å²) in [7, 11) is -5.17. The summed E-state index contributed by atoms with van der Waals surface area (Å²) in [6.07, 6.45) is 7.50. The molecule has 6 nitrogen and oxygen atoms in total. The first-order chi connectivity index (χ1) is 8.00. The molecule has 9 heteroatoms. The maximum atomic E-state index is 8.52. The molecule has 0 fully saturated rings. The van der Waals surface area contributed by atoms with Gasteiger partial charge in [0.1, 0.15) is 0 Å². The minimum atomic E-state index is -5.17. The molecule has 2 rings (SSSR count). The number of rotatable bonds is 0. The van der Waals surface area contributed by atoms with Gasteiger partial charge < -0.3 is 33.9 Å². The molecule has 0 aliphatic rings. The quantitative estimate of drug-likeness (QED) is 0.354. The fourth-order valence-corrected chi connectivity index (χ4v) is 0.684. The average Bonchev–Trinajstić information content (AvgIpc) is 2.32. The monoisotopic (exact) mass is 326 g/mol. The van der Waals surface area contributed by atoms with E-state index in [1.165, 1.54) is 0 Å². The molecule has 19 heavy (non-hydrogen) atoms. The van der Waals surface area contributed by atoms with Crippen LogP contribution < -0.4 is 34.8 Å². The summed E-state index contributed by atoms with van der Waals surface area (Å²) in [5.41, 5.74) is 0. The molecule has 0 bridgehead atoms. The lowest BCUT2D eigenvalue weighted by Crippen LogP contribution is -3.00. The van der Waals surface area contributed by atoms with Gasteiger partial charge in [-0.2, -0.15) is 0 Å². The molecule has 0 unspecified atom stereocenters. The van der Waals surface area contributed by atoms with Crippen molar-refractivity contribution in [2.75, 3.05) is 0 Å². The predicted molar refractivity (Wildman–Crippen MR) is 56.5 cm³/mol. The molecule has 0 atom stereocenters. The van der Waals surface area contributed by atoms with Crippen molar-refractivity contribution in [1.82, 2.24) is 0 Å². The maximum Gasteiger partial charge on any atom is 0.166 e. The topological polar surface area (TPSA) is 109 Å². The van der Waals surface area contributed by atoms with Crippen molar-refractivity contribution in [2.45, 2.75) is 0 Å². The van der Waals surface area contributed by atoms with Crippen LogP contribution in [0.3, 0.4) is 0 Å². The molecule has 0 saturated heterocycles. The number of halogens is 2. The van der Waals surface area contributed by atoms with Crippen molar-refractivity contribution < 1.29 is 52.3 Å². The van der Waals surface area contributed by atoms with E-state index >= 15 is 0 Å². The van der Waals surface area contributed by atoms with Gasteiger partial charge in [0.2, 0.25) is 0 Å².